The van der Waals surface area contributed by atoms with Gasteiger partial charge in [-0.15, -0.1) is 6.58 Å². The van der Waals surface area contributed by atoms with Crippen LogP contribution < -0.4 is 0 Å². The van der Waals surface area contributed by atoms with E-state index in [1.165, 1.54) is 5.56 Å². The lowest BCUT2D eigenvalue weighted by atomic mass is 9.91. The third kappa shape index (κ3) is 4.64. The van der Waals surface area contributed by atoms with Crippen molar-refractivity contribution in [3.8, 4) is 0 Å². The van der Waals surface area contributed by atoms with Crippen LogP contribution in [-0.2, 0) is 11.3 Å². The first-order valence-corrected chi connectivity index (χ1v) is 7.17. The van der Waals surface area contributed by atoms with Crippen LogP contribution >= 0.6 is 0 Å². The van der Waals surface area contributed by atoms with E-state index in [0.29, 0.717) is 18.1 Å². The summed E-state index contributed by atoms with van der Waals surface area (Å²) >= 11 is 0. The molecular formula is C17H23NO. The van der Waals surface area contributed by atoms with Gasteiger partial charge in [0.1, 0.15) is 5.78 Å². The van der Waals surface area contributed by atoms with Crippen molar-refractivity contribution >= 4 is 5.78 Å². The number of ketones is 1. The van der Waals surface area contributed by atoms with Gasteiger partial charge in [0.2, 0.25) is 0 Å². The average Bonchev–Trinajstić information content (AvgIpc) is 2.42. The van der Waals surface area contributed by atoms with Gasteiger partial charge in [0.25, 0.3) is 0 Å². The molecule has 1 heterocycles. The molecule has 0 bridgehead atoms. The Morgan fingerprint density at radius 3 is 2.58 bits per heavy atom. The highest BCUT2D eigenvalue weighted by atomic mass is 16.1. The average molecular weight is 257 g/mol. The molecule has 0 amide bonds. The quantitative estimate of drug-likeness (QED) is 0.728. The summed E-state index contributed by atoms with van der Waals surface area (Å²) in [4.78, 5) is 14.1. The lowest BCUT2D eigenvalue weighted by Crippen LogP contribution is -2.33. The van der Waals surface area contributed by atoms with Crippen LogP contribution in [0.25, 0.3) is 0 Å². The summed E-state index contributed by atoms with van der Waals surface area (Å²) in [5, 5.41) is 0. The highest BCUT2D eigenvalue weighted by molar-refractivity contribution is 5.79. The van der Waals surface area contributed by atoms with Gasteiger partial charge in [0.15, 0.2) is 0 Å². The number of carbonyl (C=O) groups excluding carboxylic acids is 1. The molecule has 2 heteroatoms. The van der Waals surface area contributed by atoms with Crippen LogP contribution in [0.4, 0.5) is 0 Å². The molecule has 19 heavy (non-hydrogen) atoms. The number of nitrogens with zero attached hydrogens (tertiary/aromatic N) is 1. The van der Waals surface area contributed by atoms with Crippen molar-refractivity contribution in [2.24, 2.45) is 5.92 Å². The van der Waals surface area contributed by atoms with E-state index in [9.17, 15) is 4.79 Å². The Hall–Kier alpha value is -1.41. The fraction of sp³-hybridized carbons (Fsp3) is 0.471. The van der Waals surface area contributed by atoms with Gasteiger partial charge in [-0.2, -0.15) is 0 Å². The van der Waals surface area contributed by atoms with E-state index in [1.54, 1.807) is 6.08 Å². The van der Waals surface area contributed by atoms with Gasteiger partial charge in [-0.3, -0.25) is 9.69 Å². The number of rotatable bonds is 6. The first-order valence-electron chi connectivity index (χ1n) is 7.17. The molecule has 1 fully saturated rings. The van der Waals surface area contributed by atoms with Crippen molar-refractivity contribution in [3.05, 3.63) is 48.6 Å². The van der Waals surface area contributed by atoms with Crippen molar-refractivity contribution in [1.82, 2.24) is 4.90 Å². The highest BCUT2D eigenvalue weighted by Crippen LogP contribution is 2.22. The number of allylic oxidation sites excluding steroid dienone is 1. The van der Waals surface area contributed by atoms with E-state index in [4.69, 9.17) is 0 Å². The Balaban J connectivity index is 1.73. The van der Waals surface area contributed by atoms with Crippen LogP contribution in [-0.4, -0.2) is 23.8 Å². The van der Waals surface area contributed by atoms with E-state index in [-0.39, 0.29) is 0 Å². The van der Waals surface area contributed by atoms with Crippen LogP contribution in [0.1, 0.15) is 31.2 Å². The summed E-state index contributed by atoms with van der Waals surface area (Å²) in [6.45, 7) is 6.88. The molecule has 1 aromatic carbocycles. The third-order valence-electron chi connectivity index (χ3n) is 3.84. The second-order valence-electron chi connectivity index (χ2n) is 5.44. The molecule has 2 rings (SSSR count). The second-order valence-corrected chi connectivity index (χ2v) is 5.44. The number of hydrogen-bond donors (Lipinski definition) is 0. The third-order valence-corrected chi connectivity index (χ3v) is 3.84. The standard InChI is InChI=1S/C17H23NO/c1-2-6-17(19)13-15-9-11-18(12-10-15)14-16-7-4-3-5-8-16/h2-5,7-8,15H,1,6,9-14H2. The zero-order chi connectivity index (χ0) is 13.5. The Bertz CT molecular complexity index is 405. The lowest BCUT2D eigenvalue weighted by Gasteiger charge is -2.31. The smallest absolute Gasteiger partial charge is 0.136 e. The summed E-state index contributed by atoms with van der Waals surface area (Å²) in [5.41, 5.74) is 1.38. The van der Waals surface area contributed by atoms with Crippen molar-refractivity contribution in [2.45, 2.75) is 32.2 Å². The first-order chi connectivity index (χ1) is 9.28. The molecular weight excluding hydrogens is 234 g/mol. The zero-order valence-electron chi connectivity index (χ0n) is 11.6. The van der Waals surface area contributed by atoms with Crippen LogP contribution in [0.3, 0.4) is 0 Å². The Kier molecular flexibility index (Phi) is 5.34. The fourth-order valence-corrected chi connectivity index (χ4v) is 2.76. The SMILES string of the molecule is C=CCC(=O)CC1CCN(Cc2ccccc2)CC1. The highest BCUT2D eigenvalue weighted by Gasteiger charge is 2.20. The molecule has 1 aliphatic rings. The molecule has 0 aromatic heterocycles. The number of carbonyl (C=O) groups is 1. The predicted molar refractivity (Wildman–Crippen MR) is 78.9 cm³/mol. The summed E-state index contributed by atoms with van der Waals surface area (Å²) < 4.78 is 0. The summed E-state index contributed by atoms with van der Waals surface area (Å²) in [6.07, 6.45) is 5.29. The molecule has 2 nitrogen and oxygen atoms in total. The summed E-state index contributed by atoms with van der Waals surface area (Å²) in [7, 11) is 0. The molecule has 0 unspecified atom stereocenters. The van der Waals surface area contributed by atoms with Crippen molar-refractivity contribution in [1.29, 1.82) is 0 Å². The van der Waals surface area contributed by atoms with Gasteiger partial charge in [-0.05, 0) is 37.4 Å². The molecule has 1 aliphatic heterocycles. The Morgan fingerprint density at radius 2 is 1.95 bits per heavy atom. The van der Waals surface area contributed by atoms with Gasteiger partial charge in [0.05, 0.1) is 0 Å². The van der Waals surface area contributed by atoms with Crippen molar-refractivity contribution in [3.63, 3.8) is 0 Å². The number of piperidine rings is 1. The molecule has 0 saturated carbocycles. The van der Waals surface area contributed by atoms with Crippen LogP contribution in [0.5, 0.6) is 0 Å². The van der Waals surface area contributed by atoms with Crippen LogP contribution in [0, 0.1) is 5.92 Å². The van der Waals surface area contributed by atoms with E-state index in [2.05, 4.69) is 41.8 Å². The van der Waals surface area contributed by atoms with Gasteiger partial charge < -0.3 is 0 Å². The van der Waals surface area contributed by atoms with Gasteiger partial charge in [0, 0.05) is 19.4 Å². The maximum Gasteiger partial charge on any atom is 0.136 e. The van der Waals surface area contributed by atoms with E-state index in [1.807, 2.05) is 0 Å². The topological polar surface area (TPSA) is 20.3 Å². The number of benzene rings is 1. The maximum absolute atomic E-state index is 11.6. The second kappa shape index (κ2) is 7.25. The van der Waals surface area contributed by atoms with Crippen molar-refractivity contribution in [2.75, 3.05) is 13.1 Å². The minimum absolute atomic E-state index is 0.344. The molecule has 0 N–H and O–H groups in total. The normalized spacial score (nSPS) is 17.3. The minimum atomic E-state index is 0.344. The molecule has 0 atom stereocenters. The molecule has 102 valence electrons. The molecule has 1 saturated heterocycles. The predicted octanol–water partition coefficient (Wildman–Crippen LogP) is 3.43. The molecule has 0 spiro atoms. The number of hydrogen-bond acceptors (Lipinski definition) is 2. The summed E-state index contributed by atoms with van der Waals surface area (Å²) in [5.74, 6) is 0.927. The number of likely N-dealkylation sites (tertiary alicyclic amines) is 1. The lowest BCUT2D eigenvalue weighted by molar-refractivity contribution is -0.119. The molecule has 1 aromatic rings. The van der Waals surface area contributed by atoms with Crippen LogP contribution in [0.2, 0.25) is 0 Å². The van der Waals surface area contributed by atoms with E-state index in [0.717, 1.165) is 38.9 Å². The molecule has 0 radical (unpaired) electrons. The Morgan fingerprint density at radius 1 is 1.26 bits per heavy atom. The maximum atomic E-state index is 11.6. The van der Waals surface area contributed by atoms with Crippen LogP contribution in [0.15, 0.2) is 43.0 Å². The first kappa shape index (κ1) is 14.0. The largest absolute Gasteiger partial charge is 0.299 e. The fourth-order valence-electron chi connectivity index (χ4n) is 2.76. The minimum Gasteiger partial charge on any atom is -0.299 e. The van der Waals surface area contributed by atoms with Crippen molar-refractivity contribution < 1.29 is 4.79 Å². The molecule has 0 aliphatic carbocycles. The van der Waals surface area contributed by atoms with Gasteiger partial charge in [-0.25, -0.2) is 0 Å². The Labute approximate surface area is 116 Å². The number of Topliss-reactive ketones (excluding diaryl/α,β-unsaturated/α-hetero) is 1. The monoisotopic (exact) mass is 257 g/mol. The summed E-state index contributed by atoms with van der Waals surface area (Å²) in [6, 6.07) is 10.6. The van der Waals surface area contributed by atoms with Gasteiger partial charge >= 0.3 is 0 Å². The zero-order valence-corrected chi connectivity index (χ0v) is 11.6. The van der Waals surface area contributed by atoms with E-state index < -0.39 is 0 Å². The van der Waals surface area contributed by atoms with E-state index >= 15 is 0 Å². The van der Waals surface area contributed by atoms with Gasteiger partial charge in [-0.1, -0.05) is 36.4 Å².